The second-order valence-electron chi connectivity index (χ2n) is 4.52. The van der Waals surface area contributed by atoms with Gasteiger partial charge in [-0.05, 0) is 18.6 Å². The highest BCUT2D eigenvalue weighted by molar-refractivity contribution is 7.13. The average Bonchev–Trinajstić information content (AvgIpc) is 2.74. The first-order valence-electron chi connectivity index (χ1n) is 5.94. The first-order valence-corrected chi connectivity index (χ1v) is 6.45. The van der Waals surface area contributed by atoms with E-state index in [1.165, 1.54) is 0 Å². The van der Waals surface area contributed by atoms with Crippen molar-refractivity contribution in [2.24, 2.45) is 0 Å². The van der Waals surface area contributed by atoms with Gasteiger partial charge in [-0.1, -0.05) is 9.39 Å². The molecule has 2 aliphatic rings. The van der Waals surface area contributed by atoms with E-state index in [0.717, 1.165) is 25.3 Å². The molecule has 18 heavy (non-hydrogen) atoms. The van der Waals surface area contributed by atoms with Crippen LogP contribution in [0.4, 0.5) is 5.69 Å². The maximum Gasteiger partial charge on any atom is 0.262 e. The number of anilines is 1. The predicted octanol–water partition coefficient (Wildman–Crippen LogP) is 1.26. The zero-order chi connectivity index (χ0) is 12.5. The Kier molecular flexibility index (Phi) is 3.10. The lowest BCUT2D eigenvalue weighted by atomic mass is 10.2. The third-order valence-corrected chi connectivity index (χ3v) is 3.53. The van der Waals surface area contributed by atoms with Crippen LogP contribution in [0.3, 0.4) is 0 Å². The van der Waals surface area contributed by atoms with Crippen molar-refractivity contribution in [3.8, 4) is 11.5 Å². The quantitative estimate of drug-likeness (QED) is 0.819. The van der Waals surface area contributed by atoms with Gasteiger partial charge in [-0.3, -0.25) is 9.46 Å². The monoisotopic (exact) mass is 266 g/mol. The van der Waals surface area contributed by atoms with Crippen molar-refractivity contribution in [2.45, 2.75) is 12.5 Å². The summed E-state index contributed by atoms with van der Waals surface area (Å²) < 4.78 is 13.3. The second kappa shape index (κ2) is 4.75. The molecule has 0 bridgehead atoms. The molecule has 1 saturated heterocycles. The van der Waals surface area contributed by atoms with Crippen LogP contribution >= 0.6 is 9.39 Å². The standard InChI is InChI=1S/C12H15N2O3P/c15-12-7-16-11-2-1-8(5-10(11)13-12)17-9-3-4-14(18)6-9/h1-2,5,9H,3-4,6-7,18H2,(H,13,15)/t9-/m1/s1. The van der Waals surface area contributed by atoms with Crippen LogP contribution in [-0.4, -0.2) is 36.4 Å². The fourth-order valence-electron chi connectivity index (χ4n) is 2.18. The van der Waals surface area contributed by atoms with Crippen molar-refractivity contribution in [1.82, 2.24) is 4.67 Å². The maximum absolute atomic E-state index is 11.2. The second-order valence-corrected chi connectivity index (χ2v) is 5.25. The number of ether oxygens (including phenoxy) is 2. The molecular formula is C12H15N2O3P. The normalized spacial score (nSPS) is 23.2. The first kappa shape index (κ1) is 11.8. The SMILES string of the molecule is O=C1COc2ccc(O[C@@H]3CCN(P)C3)cc2N1. The molecule has 1 N–H and O–H groups in total. The molecule has 0 aliphatic carbocycles. The van der Waals surface area contributed by atoms with Crippen molar-refractivity contribution in [1.29, 1.82) is 0 Å². The van der Waals surface area contributed by atoms with Gasteiger partial charge in [0.25, 0.3) is 5.91 Å². The summed E-state index contributed by atoms with van der Waals surface area (Å²) in [5.74, 6) is 1.34. The largest absolute Gasteiger partial charge is 0.489 e. The lowest BCUT2D eigenvalue weighted by molar-refractivity contribution is -0.118. The Morgan fingerprint density at radius 2 is 2.39 bits per heavy atom. The number of amides is 1. The summed E-state index contributed by atoms with van der Waals surface area (Å²) in [7, 11) is 2.69. The van der Waals surface area contributed by atoms with Crippen LogP contribution in [-0.2, 0) is 4.79 Å². The lowest BCUT2D eigenvalue weighted by Crippen LogP contribution is -2.25. The zero-order valence-electron chi connectivity index (χ0n) is 9.89. The summed E-state index contributed by atoms with van der Waals surface area (Å²) in [4.78, 5) is 11.2. The molecule has 96 valence electrons. The van der Waals surface area contributed by atoms with E-state index in [9.17, 15) is 4.79 Å². The van der Waals surface area contributed by atoms with Crippen LogP contribution < -0.4 is 14.8 Å². The summed E-state index contributed by atoms with van der Waals surface area (Å²) in [5, 5.41) is 2.78. The van der Waals surface area contributed by atoms with Gasteiger partial charge in [0.05, 0.1) is 5.69 Å². The summed E-state index contributed by atoms with van der Waals surface area (Å²) in [6.07, 6.45) is 1.23. The Bertz CT molecular complexity index is 480. The number of fused-ring (bicyclic) bond motifs is 1. The molecule has 5 nitrogen and oxygen atoms in total. The van der Waals surface area contributed by atoms with E-state index in [-0.39, 0.29) is 18.6 Å². The van der Waals surface area contributed by atoms with E-state index in [2.05, 4.69) is 19.4 Å². The number of nitrogens with zero attached hydrogens (tertiary/aromatic N) is 1. The Labute approximate surface area is 108 Å². The minimum absolute atomic E-state index is 0.0812. The maximum atomic E-state index is 11.2. The third kappa shape index (κ3) is 2.42. The molecule has 2 atom stereocenters. The highest BCUT2D eigenvalue weighted by atomic mass is 31.0. The molecule has 0 radical (unpaired) electrons. The number of nitrogens with one attached hydrogen (secondary N) is 1. The van der Waals surface area contributed by atoms with Crippen molar-refractivity contribution in [2.75, 3.05) is 25.0 Å². The van der Waals surface area contributed by atoms with Crippen LogP contribution in [0.2, 0.25) is 0 Å². The van der Waals surface area contributed by atoms with Crippen LogP contribution in [0.25, 0.3) is 0 Å². The van der Waals surface area contributed by atoms with Gasteiger partial charge < -0.3 is 14.8 Å². The Morgan fingerprint density at radius 3 is 3.17 bits per heavy atom. The van der Waals surface area contributed by atoms with E-state index in [1.54, 1.807) is 0 Å². The van der Waals surface area contributed by atoms with Gasteiger partial charge >= 0.3 is 0 Å². The van der Waals surface area contributed by atoms with Crippen molar-refractivity contribution in [3.63, 3.8) is 0 Å². The minimum atomic E-state index is -0.128. The molecule has 6 heteroatoms. The summed E-state index contributed by atoms with van der Waals surface area (Å²) in [5.41, 5.74) is 0.685. The van der Waals surface area contributed by atoms with E-state index >= 15 is 0 Å². The number of rotatable bonds is 2. The smallest absolute Gasteiger partial charge is 0.262 e. The molecule has 0 spiro atoms. The van der Waals surface area contributed by atoms with Gasteiger partial charge in [0.1, 0.15) is 17.6 Å². The Hall–Kier alpha value is -1.32. The van der Waals surface area contributed by atoms with E-state index in [1.807, 2.05) is 18.2 Å². The van der Waals surface area contributed by atoms with Crippen molar-refractivity contribution < 1.29 is 14.3 Å². The number of hydrogen-bond acceptors (Lipinski definition) is 4. The Morgan fingerprint density at radius 1 is 1.50 bits per heavy atom. The predicted molar refractivity (Wildman–Crippen MR) is 70.9 cm³/mol. The fraction of sp³-hybridized carbons (Fsp3) is 0.417. The number of benzene rings is 1. The molecule has 0 saturated carbocycles. The van der Waals surface area contributed by atoms with Gasteiger partial charge in [-0.25, -0.2) is 0 Å². The molecule has 1 aromatic rings. The molecule has 1 fully saturated rings. The van der Waals surface area contributed by atoms with E-state index < -0.39 is 0 Å². The van der Waals surface area contributed by atoms with Gasteiger partial charge in [0.2, 0.25) is 0 Å². The molecule has 0 aromatic heterocycles. The van der Waals surface area contributed by atoms with Crippen molar-refractivity contribution >= 4 is 21.0 Å². The van der Waals surface area contributed by atoms with Gasteiger partial charge in [-0.15, -0.1) is 0 Å². The molecule has 2 heterocycles. The van der Waals surface area contributed by atoms with Crippen LogP contribution in [0, 0.1) is 0 Å². The van der Waals surface area contributed by atoms with Gasteiger partial charge in [0.15, 0.2) is 6.61 Å². The molecular weight excluding hydrogens is 251 g/mol. The highest BCUT2D eigenvalue weighted by Crippen LogP contribution is 2.32. The first-order chi connectivity index (χ1) is 8.70. The lowest BCUT2D eigenvalue weighted by Gasteiger charge is -2.20. The van der Waals surface area contributed by atoms with Crippen LogP contribution in [0.5, 0.6) is 11.5 Å². The number of carbonyl (C=O) groups is 1. The van der Waals surface area contributed by atoms with Crippen molar-refractivity contribution in [3.05, 3.63) is 18.2 Å². The summed E-state index contributed by atoms with van der Waals surface area (Å²) in [6.45, 7) is 2.02. The highest BCUT2D eigenvalue weighted by Gasteiger charge is 2.22. The fourth-order valence-corrected chi connectivity index (χ4v) is 2.56. The summed E-state index contributed by atoms with van der Waals surface area (Å²) >= 11 is 0. The van der Waals surface area contributed by atoms with E-state index in [4.69, 9.17) is 9.47 Å². The molecule has 3 rings (SSSR count). The minimum Gasteiger partial charge on any atom is -0.489 e. The molecule has 2 aliphatic heterocycles. The number of hydrogen-bond donors (Lipinski definition) is 1. The van der Waals surface area contributed by atoms with Gasteiger partial charge in [-0.2, -0.15) is 0 Å². The topological polar surface area (TPSA) is 50.8 Å². The number of carbonyl (C=O) groups excluding carboxylic acids is 1. The molecule has 1 amide bonds. The third-order valence-electron chi connectivity index (χ3n) is 3.06. The van der Waals surface area contributed by atoms with Crippen LogP contribution in [0.1, 0.15) is 6.42 Å². The van der Waals surface area contributed by atoms with Crippen LogP contribution in [0.15, 0.2) is 18.2 Å². The average molecular weight is 266 g/mol. The molecule has 1 unspecified atom stereocenters. The van der Waals surface area contributed by atoms with E-state index in [0.29, 0.717) is 11.4 Å². The zero-order valence-corrected chi connectivity index (χ0v) is 11.0. The van der Waals surface area contributed by atoms with Gasteiger partial charge in [0, 0.05) is 19.2 Å². The Balaban J connectivity index is 1.73. The molecule has 1 aromatic carbocycles. The summed E-state index contributed by atoms with van der Waals surface area (Å²) in [6, 6.07) is 5.52.